The van der Waals surface area contributed by atoms with E-state index in [-0.39, 0.29) is 0 Å². The van der Waals surface area contributed by atoms with Crippen LogP contribution in [0.4, 0.5) is 11.4 Å². The van der Waals surface area contributed by atoms with E-state index < -0.39 is 0 Å². The van der Waals surface area contributed by atoms with Gasteiger partial charge in [0.15, 0.2) is 0 Å². The standard InChI is InChI=1S/C35H25N.C22H15NO/c1-2-10-29-24-30(21-20-27(29)9-1)28-18-16-25(17-19-28)22-26-8-7-11-31(23-26)36-34-14-5-3-12-32(34)33-13-4-6-15-35(33)36;1-2-7-16(8-3-1)23-17-11-13-19-20-12-10-15-6-4-5-9-18(15)22(20)24-21(19)14-17/h1-21,23-24H,22H2;1-14,23H. The van der Waals surface area contributed by atoms with Gasteiger partial charge in [-0.15, -0.1) is 0 Å². The summed E-state index contributed by atoms with van der Waals surface area (Å²) in [5.74, 6) is 0. The summed E-state index contributed by atoms with van der Waals surface area (Å²) < 4.78 is 8.59. The molecule has 10 aromatic carbocycles. The average Bonchev–Trinajstić information content (AvgIpc) is 3.86. The van der Waals surface area contributed by atoms with Gasteiger partial charge in [-0.25, -0.2) is 0 Å². The number of fused-ring (bicyclic) bond motifs is 9. The average molecular weight is 769 g/mol. The quantitative estimate of drug-likeness (QED) is 0.183. The Kier molecular flexibility index (Phi) is 8.90. The zero-order valence-corrected chi connectivity index (χ0v) is 32.9. The molecular weight excluding hydrogens is 729 g/mol. The highest BCUT2D eigenvalue weighted by atomic mass is 16.3. The number of rotatable bonds is 6. The number of nitrogens with zero attached hydrogens (tertiary/aromatic N) is 1. The molecule has 0 bridgehead atoms. The molecular formula is C57H40N2O. The van der Waals surface area contributed by atoms with Crippen LogP contribution in [0.15, 0.2) is 229 Å². The van der Waals surface area contributed by atoms with Gasteiger partial charge in [-0.3, -0.25) is 0 Å². The predicted octanol–water partition coefficient (Wildman–Crippen LogP) is 15.7. The molecule has 2 heterocycles. The SMILES string of the molecule is c1cc(Cc2ccc(-c3ccc4ccccc4c3)cc2)cc(-n2c3ccccc3c3ccccc32)c1.c1ccc(Nc2ccc3c(c2)oc2c4ccccc4ccc32)cc1. The molecule has 0 fully saturated rings. The van der Waals surface area contributed by atoms with E-state index in [9.17, 15) is 0 Å². The Hall–Kier alpha value is -7.88. The summed E-state index contributed by atoms with van der Waals surface area (Å²) in [5.41, 5.74) is 12.8. The Balaban J connectivity index is 0.000000147. The van der Waals surface area contributed by atoms with Gasteiger partial charge in [0.25, 0.3) is 0 Å². The Morgan fingerprint density at radius 2 is 1.00 bits per heavy atom. The Labute approximate surface area is 348 Å². The lowest BCUT2D eigenvalue weighted by Gasteiger charge is -2.11. The van der Waals surface area contributed by atoms with E-state index in [1.807, 2.05) is 18.2 Å². The highest BCUT2D eigenvalue weighted by molar-refractivity contribution is 6.15. The Morgan fingerprint density at radius 3 is 1.78 bits per heavy atom. The molecule has 0 aliphatic heterocycles. The monoisotopic (exact) mass is 768 g/mol. The highest BCUT2D eigenvalue weighted by Crippen LogP contribution is 2.36. The smallest absolute Gasteiger partial charge is 0.143 e. The number of aromatic nitrogens is 1. The van der Waals surface area contributed by atoms with Crippen LogP contribution in [-0.4, -0.2) is 4.57 Å². The van der Waals surface area contributed by atoms with Crippen molar-refractivity contribution in [2.75, 3.05) is 5.32 Å². The molecule has 0 saturated heterocycles. The third kappa shape index (κ3) is 6.62. The minimum absolute atomic E-state index is 0.905. The second-order valence-electron chi connectivity index (χ2n) is 15.4. The lowest BCUT2D eigenvalue weighted by molar-refractivity contribution is 0.673. The zero-order chi connectivity index (χ0) is 39.8. The number of furan rings is 1. The summed E-state index contributed by atoms with van der Waals surface area (Å²) in [4.78, 5) is 0. The maximum atomic E-state index is 6.20. The molecule has 0 saturated carbocycles. The van der Waals surface area contributed by atoms with Crippen molar-refractivity contribution < 1.29 is 4.42 Å². The molecule has 3 heteroatoms. The lowest BCUT2D eigenvalue weighted by atomic mass is 9.98. The molecule has 284 valence electrons. The van der Waals surface area contributed by atoms with Crippen molar-refractivity contribution in [1.29, 1.82) is 0 Å². The topological polar surface area (TPSA) is 30.1 Å². The van der Waals surface area contributed by atoms with Gasteiger partial charge in [0, 0.05) is 50.1 Å². The maximum absolute atomic E-state index is 6.20. The fourth-order valence-corrected chi connectivity index (χ4v) is 8.70. The minimum Gasteiger partial charge on any atom is -0.455 e. The summed E-state index contributed by atoms with van der Waals surface area (Å²) >= 11 is 0. The number of hydrogen-bond donors (Lipinski definition) is 1. The fourth-order valence-electron chi connectivity index (χ4n) is 8.70. The summed E-state index contributed by atoms with van der Waals surface area (Å²) in [6, 6.07) is 79.6. The van der Waals surface area contributed by atoms with E-state index >= 15 is 0 Å². The molecule has 0 aliphatic carbocycles. The third-order valence-corrected chi connectivity index (χ3v) is 11.6. The molecule has 12 rings (SSSR count). The summed E-state index contributed by atoms with van der Waals surface area (Å²) in [5, 5.41) is 13.2. The van der Waals surface area contributed by atoms with E-state index in [2.05, 4.69) is 216 Å². The van der Waals surface area contributed by atoms with Gasteiger partial charge < -0.3 is 14.3 Å². The number of benzene rings is 10. The normalized spacial score (nSPS) is 11.4. The summed E-state index contributed by atoms with van der Waals surface area (Å²) in [6.45, 7) is 0. The number of anilines is 2. The first kappa shape index (κ1) is 35.3. The van der Waals surface area contributed by atoms with Crippen molar-refractivity contribution in [2.24, 2.45) is 0 Å². The van der Waals surface area contributed by atoms with Crippen LogP contribution in [0.25, 0.3) is 82.1 Å². The molecule has 0 atom stereocenters. The highest BCUT2D eigenvalue weighted by Gasteiger charge is 2.13. The minimum atomic E-state index is 0.905. The second kappa shape index (κ2) is 15.1. The number of para-hydroxylation sites is 3. The van der Waals surface area contributed by atoms with Gasteiger partial charge in [0.05, 0.1) is 11.0 Å². The van der Waals surface area contributed by atoms with Crippen molar-refractivity contribution in [1.82, 2.24) is 4.57 Å². The molecule has 1 N–H and O–H groups in total. The molecule has 2 aromatic heterocycles. The van der Waals surface area contributed by atoms with E-state index in [0.717, 1.165) is 45.1 Å². The van der Waals surface area contributed by atoms with Crippen LogP contribution in [0.1, 0.15) is 11.1 Å². The van der Waals surface area contributed by atoms with Crippen molar-refractivity contribution in [3.05, 3.63) is 236 Å². The molecule has 12 aromatic rings. The number of nitrogens with one attached hydrogen (secondary N) is 1. The van der Waals surface area contributed by atoms with Gasteiger partial charge in [0.2, 0.25) is 0 Å². The van der Waals surface area contributed by atoms with Crippen molar-refractivity contribution >= 4 is 76.7 Å². The first-order valence-corrected chi connectivity index (χ1v) is 20.5. The first-order chi connectivity index (χ1) is 29.7. The van der Waals surface area contributed by atoms with Crippen molar-refractivity contribution in [3.63, 3.8) is 0 Å². The van der Waals surface area contributed by atoms with Crippen molar-refractivity contribution in [3.8, 4) is 16.8 Å². The van der Waals surface area contributed by atoms with Gasteiger partial charge in [-0.2, -0.15) is 0 Å². The maximum Gasteiger partial charge on any atom is 0.143 e. The van der Waals surface area contributed by atoms with Gasteiger partial charge >= 0.3 is 0 Å². The zero-order valence-electron chi connectivity index (χ0n) is 32.9. The lowest BCUT2D eigenvalue weighted by Crippen LogP contribution is -1.96. The Bertz CT molecular complexity index is 3430. The van der Waals surface area contributed by atoms with E-state index in [0.29, 0.717) is 0 Å². The molecule has 0 amide bonds. The molecule has 60 heavy (non-hydrogen) atoms. The van der Waals surface area contributed by atoms with E-state index in [1.165, 1.54) is 65.9 Å². The Morgan fingerprint density at radius 1 is 0.367 bits per heavy atom. The molecule has 0 aliphatic rings. The van der Waals surface area contributed by atoms with Gasteiger partial charge in [0.1, 0.15) is 11.2 Å². The fraction of sp³-hybridized carbons (Fsp3) is 0.0175. The van der Waals surface area contributed by atoms with Crippen LogP contribution in [0, 0.1) is 0 Å². The van der Waals surface area contributed by atoms with Gasteiger partial charge in [-0.1, -0.05) is 158 Å². The van der Waals surface area contributed by atoms with Crippen LogP contribution in [0.5, 0.6) is 0 Å². The predicted molar refractivity (Wildman–Crippen MR) is 254 cm³/mol. The third-order valence-electron chi connectivity index (χ3n) is 11.6. The molecule has 3 nitrogen and oxygen atoms in total. The van der Waals surface area contributed by atoms with Crippen LogP contribution < -0.4 is 5.32 Å². The largest absolute Gasteiger partial charge is 0.455 e. The van der Waals surface area contributed by atoms with Crippen LogP contribution in [-0.2, 0) is 6.42 Å². The van der Waals surface area contributed by atoms with E-state index in [4.69, 9.17) is 4.42 Å². The molecule has 0 unspecified atom stereocenters. The van der Waals surface area contributed by atoms with Gasteiger partial charge in [-0.05, 0) is 105 Å². The molecule has 0 spiro atoms. The summed E-state index contributed by atoms with van der Waals surface area (Å²) in [7, 11) is 0. The van der Waals surface area contributed by atoms with E-state index in [1.54, 1.807) is 0 Å². The van der Waals surface area contributed by atoms with Crippen LogP contribution >= 0.6 is 0 Å². The van der Waals surface area contributed by atoms with Crippen LogP contribution in [0.2, 0.25) is 0 Å². The molecule has 0 radical (unpaired) electrons. The summed E-state index contributed by atoms with van der Waals surface area (Å²) in [6.07, 6.45) is 0.906. The second-order valence-corrected chi connectivity index (χ2v) is 15.4. The number of hydrogen-bond acceptors (Lipinski definition) is 2. The first-order valence-electron chi connectivity index (χ1n) is 20.5. The van der Waals surface area contributed by atoms with Crippen LogP contribution in [0.3, 0.4) is 0 Å². The van der Waals surface area contributed by atoms with Crippen molar-refractivity contribution in [2.45, 2.75) is 6.42 Å².